The number of hydrogen-bond acceptors (Lipinski definition) is 16. The van der Waals surface area contributed by atoms with Gasteiger partial charge in [0.25, 0.3) is 0 Å². The van der Waals surface area contributed by atoms with Gasteiger partial charge in [-0.15, -0.1) is 0 Å². The fourth-order valence-electron chi connectivity index (χ4n) is 6.17. The van der Waals surface area contributed by atoms with E-state index in [-0.39, 0.29) is 70.2 Å². The van der Waals surface area contributed by atoms with Gasteiger partial charge in [-0.3, -0.25) is 43.6 Å². The van der Waals surface area contributed by atoms with Crippen LogP contribution in [0.3, 0.4) is 0 Å². The minimum Gasteiger partial charge on any atom is -0.481 e. The Balaban J connectivity index is 2.41. The zero-order valence-corrected chi connectivity index (χ0v) is 36.2. The van der Waals surface area contributed by atoms with E-state index in [1.165, 1.54) is 0 Å². The number of amides is 2. The molecule has 24 nitrogen and oxygen atoms in total. The average Bonchev–Trinajstić information content (AvgIpc) is 3.18. The number of alkyl carbamates (subject to hydrolysis) is 1. The Morgan fingerprint density at radius 1 is 0.571 bits per heavy atom. The summed E-state index contributed by atoms with van der Waals surface area (Å²) in [7, 11) is 0. The molecule has 0 bridgehead atoms. The van der Waals surface area contributed by atoms with E-state index in [4.69, 9.17) is 19.7 Å². The summed E-state index contributed by atoms with van der Waals surface area (Å²) in [6.07, 6.45) is -3.25. The Bertz CT molecular complexity index is 1460. The van der Waals surface area contributed by atoms with Crippen molar-refractivity contribution >= 4 is 47.8 Å². The van der Waals surface area contributed by atoms with Crippen molar-refractivity contribution in [1.82, 2.24) is 35.6 Å². The summed E-state index contributed by atoms with van der Waals surface area (Å²) in [6.45, 7) is 11.9. The summed E-state index contributed by atoms with van der Waals surface area (Å²) in [5.41, 5.74) is 0.693. The molecule has 0 spiro atoms. The fourth-order valence-corrected chi connectivity index (χ4v) is 6.17. The molecule has 2 amide bonds. The molecular weight excluding hydrogens is 838 g/mol. The Kier molecular flexibility index (Phi) is 28.1. The highest BCUT2D eigenvalue weighted by Gasteiger charge is 2.27. The molecule has 24 heteroatoms. The zero-order valence-electron chi connectivity index (χ0n) is 36.2. The number of carboxylic acid groups (broad SMARTS) is 6. The van der Waals surface area contributed by atoms with E-state index in [9.17, 15) is 58.8 Å². The number of carbonyl (C=O) groups is 8. The Labute approximate surface area is 366 Å². The number of aliphatic carboxylic acids is 6. The van der Waals surface area contributed by atoms with Crippen LogP contribution in [0, 0.1) is 0 Å². The van der Waals surface area contributed by atoms with E-state index in [1.54, 1.807) is 14.7 Å². The molecule has 1 aliphatic rings. The van der Waals surface area contributed by atoms with Crippen LogP contribution in [0.4, 0.5) is 4.79 Å². The van der Waals surface area contributed by atoms with Crippen molar-refractivity contribution in [3.8, 4) is 0 Å². The first-order chi connectivity index (χ1) is 29.7. The normalized spacial score (nSPS) is 16.8. The van der Waals surface area contributed by atoms with Gasteiger partial charge in [-0.25, -0.2) is 14.4 Å². The van der Waals surface area contributed by atoms with Gasteiger partial charge in [0.2, 0.25) is 12.0 Å². The highest BCUT2D eigenvalue weighted by molar-refractivity contribution is 5.82. The molecule has 0 saturated carbocycles. The first-order valence-corrected chi connectivity index (χ1v) is 20.8. The van der Waals surface area contributed by atoms with Crippen LogP contribution < -0.4 is 16.0 Å². The molecular formula is C39H67N7O17. The van der Waals surface area contributed by atoms with E-state index in [2.05, 4.69) is 32.2 Å². The molecule has 0 aromatic rings. The second kappa shape index (κ2) is 31.7. The third-order valence-electron chi connectivity index (χ3n) is 9.70. The molecule has 0 aromatic carbocycles. The van der Waals surface area contributed by atoms with Gasteiger partial charge in [0.15, 0.2) is 0 Å². The molecule has 1 saturated heterocycles. The van der Waals surface area contributed by atoms with Crippen LogP contribution in [-0.4, -0.2) is 227 Å². The lowest BCUT2D eigenvalue weighted by molar-refractivity contribution is -0.148. The second-order valence-corrected chi connectivity index (χ2v) is 15.2. The van der Waals surface area contributed by atoms with Gasteiger partial charge in [-0.2, -0.15) is 0 Å². The average molecular weight is 906 g/mol. The molecule has 0 aromatic heterocycles. The minimum absolute atomic E-state index is 0.0366. The van der Waals surface area contributed by atoms with Crippen LogP contribution in [0.5, 0.6) is 0 Å². The number of unbranched alkanes of at least 4 members (excludes halogenated alkanes) is 1. The van der Waals surface area contributed by atoms with Gasteiger partial charge >= 0.3 is 41.9 Å². The van der Waals surface area contributed by atoms with Crippen LogP contribution in [0.2, 0.25) is 0 Å². The van der Waals surface area contributed by atoms with Gasteiger partial charge in [0.05, 0.1) is 38.4 Å². The quantitative estimate of drug-likeness (QED) is 0.0374. The molecule has 0 aliphatic carbocycles. The summed E-state index contributed by atoms with van der Waals surface area (Å²) >= 11 is 0. The number of nitrogens with one attached hydrogen (secondary N) is 3. The topological polar surface area (TPSA) is 335 Å². The molecule has 1 fully saturated rings. The number of hydrogen-bond donors (Lipinski definition) is 9. The maximum Gasteiger partial charge on any atom is 0.408 e. The molecule has 1 aliphatic heterocycles. The molecule has 360 valence electrons. The molecule has 63 heavy (non-hydrogen) atoms. The Morgan fingerprint density at radius 2 is 1.06 bits per heavy atom. The van der Waals surface area contributed by atoms with Crippen molar-refractivity contribution in [2.45, 2.75) is 83.1 Å². The monoisotopic (exact) mass is 905 g/mol. The lowest BCUT2D eigenvalue weighted by Gasteiger charge is -2.33. The van der Waals surface area contributed by atoms with Crippen molar-refractivity contribution < 1.29 is 83.2 Å². The summed E-state index contributed by atoms with van der Waals surface area (Å²) in [6, 6.07) is -1.39. The Morgan fingerprint density at radius 3 is 1.52 bits per heavy atom. The Hall–Kier alpha value is -5.14. The predicted octanol–water partition coefficient (Wildman–Crippen LogP) is -1.06. The van der Waals surface area contributed by atoms with Crippen LogP contribution in [0.25, 0.3) is 0 Å². The van der Waals surface area contributed by atoms with Gasteiger partial charge in [0.1, 0.15) is 6.04 Å². The van der Waals surface area contributed by atoms with E-state index >= 15 is 0 Å². The minimum atomic E-state index is -1.76. The van der Waals surface area contributed by atoms with Crippen molar-refractivity contribution in [2.24, 2.45) is 0 Å². The van der Waals surface area contributed by atoms with Crippen molar-refractivity contribution in [3.63, 3.8) is 0 Å². The highest BCUT2D eigenvalue weighted by atomic mass is 16.6. The first-order valence-electron chi connectivity index (χ1n) is 20.8. The number of ether oxygens (including phenoxy) is 3. The van der Waals surface area contributed by atoms with Crippen LogP contribution in [0.1, 0.15) is 58.8 Å². The lowest BCUT2D eigenvalue weighted by atomic mass is 10.1. The van der Waals surface area contributed by atoms with Crippen LogP contribution in [0.15, 0.2) is 12.3 Å². The molecule has 4 atom stereocenters. The SMILES string of the molecule is C=C(CN1CCN(CC(=O)O)CCN(CC(=O)O)CCN(CC(=O)O)CC1)NCC(C)OCCC(C)OCCC(=O)NCCCC[C@H](NC(=O)O[C@@H](CCC(=O)O)C(=O)O)C(=O)O. The molecule has 9 N–H and O–H groups in total. The van der Waals surface area contributed by atoms with E-state index in [1.807, 2.05) is 13.8 Å². The number of rotatable bonds is 31. The van der Waals surface area contributed by atoms with Crippen LogP contribution in [-0.2, 0) is 47.8 Å². The number of nitrogens with zero attached hydrogens (tertiary/aromatic N) is 4. The fraction of sp³-hybridized carbons (Fsp3) is 0.744. The highest BCUT2D eigenvalue weighted by Crippen LogP contribution is 2.08. The van der Waals surface area contributed by atoms with Crippen molar-refractivity contribution in [2.75, 3.05) is 105 Å². The third kappa shape index (κ3) is 29.0. The maximum absolute atomic E-state index is 12.3. The molecule has 2 unspecified atom stereocenters. The van der Waals surface area contributed by atoms with Gasteiger partial charge in [-0.05, 0) is 39.5 Å². The summed E-state index contributed by atoms with van der Waals surface area (Å²) in [4.78, 5) is 99.6. The number of carboxylic acids is 6. The largest absolute Gasteiger partial charge is 0.481 e. The zero-order chi connectivity index (χ0) is 47.3. The van der Waals surface area contributed by atoms with E-state index in [0.717, 1.165) is 0 Å². The second-order valence-electron chi connectivity index (χ2n) is 15.2. The van der Waals surface area contributed by atoms with Crippen molar-refractivity contribution in [3.05, 3.63) is 12.3 Å². The van der Waals surface area contributed by atoms with Crippen molar-refractivity contribution in [1.29, 1.82) is 0 Å². The lowest BCUT2D eigenvalue weighted by Crippen LogP contribution is -2.49. The van der Waals surface area contributed by atoms with E-state index in [0.29, 0.717) is 90.6 Å². The summed E-state index contributed by atoms with van der Waals surface area (Å²) < 4.78 is 16.3. The smallest absolute Gasteiger partial charge is 0.408 e. The number of carbonyl (C=O) groups excluding carboxylic acids is 2. The standard InChI is InChI=1S/C39H67N7O17/c1-27(23-43-12-14-44(24-34(50)51)16-18-46(26-36(54)55)19-17-45(15-13-43)25-35(52)53)41-22-29(3)62-20-9-28(2)61-21-10-32(47)40-11-5-4-6-30(37(56)57)42-39(60)63-31(38(58)59)7-8-33(48)49/h28-31,41H,1,4-26H2,2-3H3,(H,40,47)(H,42,60)(H,48,49)(H,50,51)(H,52,53)(H,54,55)(H,56,57)(H,58,59)/t28?,29?,30-,31-/m0/s1. The van der Waals surface area contributed by atoms with Gasteiger partial charge in [-0.1, -0.05) is 6.58 Å². The summed E-state index contributed by atoms with van der Waals surface area (Å²) in [5, 5.41) is 63.6. The maximum atomic E-state index is 12.3. The van der Waals surface area contributed by atoms with Crippen LogP contribution >= 0.6 is 0 Å². The predicted molar refractivity (Wildman–Crippen MR) is 222 cm³/mol. The van der Waals surface area contributed by atoms with Gasteiger partial charge in [0, 0.05) is 104 Å². The summed E-state index contributed by atoms with van der Waals surface area (Å²) in [5.74, 6) is -7.52. The molecule has 0 radical (unpaired) electrons. The first kappa shape index (κ1) is 55.9. The third-order valence-corrected chi connectivity index (χ3v) is 9.70. The molecule has 1 heterocycles. The molecule has 1 rings (SSSR count). The van der Waals surface area contributed by atoms with Gasteiger partial charge < -0.3 is 60.8 Å². The van der Waals surface area contributed by atoms with E-state index < -0.39 is 66.9 Å².